The van der Waals surface area contributed by atoms with Crippen LogP contribution in [0, 0.1) is 5.82 Å². The lowest BCUT2D eigenvalue weighted by molar-refractivity contribution is 0.0932. The minimum Gasteiger partial charge on any atom is -0.344 e. The van der Waals surface area contributed by atoms with Crippen LogP contribution in [0.15, 0.2) is 66.0 Å². The first-order chi connectivity index (χ1) is 12.1. The van der Waals surface area contributed by atoms with Gasteiger partial charge in [0.05, 0.1) is 12.2 Å². The van der Waals surface area contributed by atoms with Gasteiger partial charge >= 0.3 is 0 Å². The second-order valence-corrected chi connectivity index (χ2v) is 6.32. The highest BCUT2D eigenvalue weighted by Crippen LogP contribution is 2.22. The van der Waals surface area contributed by atoms with Crippen LogP contribution in [0.2, 0.25) is 0 Å². The van der Waals surface area contributed by atoms with Crippen molar-refractivity contribution in [2.75, 3.05) is 6.26 Å². The maximum Gasteiger partial charge on any atom is 0.270 e. The zero-order valence-corrected chi connectivity index (χ0v) is 14.8. The summed E-state index contributed by atoms with van der Waals surface area (Å²) >= 11 is 1.43. The number of amides is 1. The average Bonchev–Trinajstić information content (AvgIpc) is 3.07. The number of halogens is 1. The van der Waals surface area contributed by atoms with E-state index in [1.807, 2.05) is 43.5 Å². The lowest BCUT2D eigenvalue weighted by atomic mass is 10.1. The molecule has 0 saturated heterocycles. The number of thioether (sulfide) groups is 1. The van der Waals surface area contributed by atoms with Gasteiger partial charge in [0.15, 0.2) is 5.16 Å². The molecule has 0 saturated carbocycles. The smallest absolute Gasteiger partial charge is 0.270 e. The van der Waals surface area contributed by atoms with Crippen molar-refractivity contribution in [3.05, 3.63) is 77.9 Å². The number of nitrogens with zero attached hydrogens (tertiary/aromatic N) is 2. The Bertz CT molecular complexity index is 862. The summed E-state index contributed by atoms with van der Waals surface area (Å²) in [6.07, 6.45) is 3.43. The summed E-state index contributed by atoms with van der Waals surface area (Å²) in [5, 5.41) is 3.66. The fourth-order valence-corrected chi connectivity index (χ4v) is 3.12. The van der Waals surface area contributed by atoms with Gasteiger partial charge in [0.25, 0.3) is 5.91 Å². The average molecular weight is 355 g/mol. The number of carbonyl (C=O) groups is 1. The minimum absolute atomic E-state index is 0.136. The molecule has 0 aliphatic carbocycles. The number of imidazole rings is 1. The van der Waals surface area contributed by atoms with E-state index in [0.717, 1.165) is 5.56 Å². The van der Waals surface area contributed by atoms with E-state index in [0.29, 0.717) is 16.5 Å². The second-order valence-electron chi connectivity index (χ2n) is 5.55. The minimum atomic E-state index is -0.321. The van der Waals surface area contributed by atoms with Crippen LogP contribution in [0.1, 0.15) is 29.0 Å². The molecule has 0 aliphatic rings. The lowest BCUT2D eigenvalue weighted by Gasteiger charge is -2.16. The van der Waals surface area contributed by atoms with E-state index in [1.54, 1.807) is 22.9 Å². The van der Waals surface area contributed by atoms with Gasteiger partial charge in [0, 0.05) is 5.69 Å². The second kappa shape index (κ2) is 7.53. The summed E-state index contributed by atoms with van der Waals surface area (Å²) in [6.45, 7) is 1.93. The van der Waals surface area contributed by atoms with E-state index < -0.39 is 0 Å². The van der Waals surface area contributed by atoms with Crippen LogP contribution in [-0.4, -0.2) is 21.7 Å². The standard InChI is InChI=1S/C19H18FN3OS/c1-13(14-6-4-3-5-7-14)22-18(24)17-12-21-19(25-2)23(17)16-10-8-15(20)9-11-16/h3-13H,1-2H3,(H,22,24). The fraction of sp³-hybridized carbons (Fsp3) is 0.158. The van der Waals surface area contributed by atoms with Gasteiger partial charge in [0.2, 0.25) is 0 Å². The number of rotatable bonds is 5. The number of carbonyl (C=O) groups excluding carboxylic acids is 1. The van der Waals surface area contributed by atoms with Gasteiger partial charge in [0.1, 0.15) is 11.5 Å². The summed E-state index contributed by atoms with van der Waals surface area (Å²) < 4.78 is 15.0. The zero-order chi connectivity index (χ0) is 17.8. The van der Waals surface area contributed by atoms with Crippen LogP contribution < -0.4 is 5.32 Å². The molecule has 0 radical (unpaired) electrons. The Morgan fingerprint density at radius 3 is 2.48 bits per heavy atom. The van der Waals surface area contributed by atoms with Crippen LogP contribution in [0.4, 0.5) is 4.39 Å². The third-order valence-electron chi connectivity index (χ3n) is 3.88. The highest BCUT2D eigenvalue weighted by atomic mass is 32.2. The number of nitrogens with one attached hydrogen (secondary N) is 1. The summed E-state index contributed by atoms with van der Waals surface area (Å²) in [6, 6.07) is 15.6. The normalized spacial score (nSPS) is 12.0. The van der Waals surface area contributed by atoms with E-state index in [4.69, 9.17) is 0 Å². The van der Waals surface area contributed by atoms with Crippen molar-refractivity contribution in [3.8, 4) is 5.69 Å². The lowest BCUT2D eigenvalue weighted by Crippen LogP contribution is -2.28. The maximum absolute atomic E-state index is 13.2. The van der Waals surface area contributed by atoms with Gasteiger partial charge in [-0.1, -0.05) is 42.1 Å². The van der Waals surface area contributed by atoms with E-state index in [2.05, 4.69) is 10.3 Å². The van der Waals surface area contributed by atoms with Crippen LogP contribution in [-0.2, 0) is 0 Å². The molecule has 6 heteroatoms. The van der Waals surface area contributed by atoms with Gasteiger partial charge in [-0.15, -0.1) is 0 Å². The molecular weight excluding hydrogens is 337 g/mol. The summed E-state index contributed by atoms with van der Waals surface area (Å²) in [4.78, 5) is 17.1. The fourth-order valence-electron chi connectivity index (χ4n) is 2.57. The van der Waals surface area contributed by atoms with Crippen molar-refractivity contribution in [2.45, 2.75) is 18.1 Å². The van der Waals surface area contributed by atoms with Crippen LogP contribution in [0.3, 0.4) is 0 Å². The molecule has 0 aliphatic heterocycles. The van der Waals surface area contributed by atoms with E-state index in [-0.39, 0.29) is 17.8 Å². The predicted molar refractivity (Wildman–Crippen MR) is 97.6 cm³/mol. The van der Waals surface area contributed by atoms with Crippen LogP contribution in [0.5, 0.6) is 0 Å². The Kier molecular flexibility index (Phi) is 5.19. The first kappa shape index (κ1) is 17.2. The van der Waals surface area contributed by atoms with Gasteiger partial charge in [-0.3, -0.25) is 9.36 Å². The Morgan fingerprint density at radius 1 is 1.16 bits per heavy atom. The molecule has 1 N–H and O–H groups in total. The summed E-state index contributed by atoms with van der Waals surface area (Å²) in [5.74, 6) is -0.549. The van der Waals surface area contributed by atoms with Gasteiger partial charge < -0.3 is 5.32 Å². The van der Waals surface area contributed by atoms with E-state index >= 15 is 0 Å². The van der Waals surface area contributed by atoms with E-state index in [1.165, 1.54) is 23.9 Å². The zero-order valence-electron chi connectivity index (χ0n) is 13.9. The molecule has 1 amide bonds. The molecule has 4 nitrogen and oxygen atoms in total. The monoisotopic (exact) mass is 355 g/mol. The Hall–Kier alpha value is -2.60. The van der Waals surface area contributed by atoms with Crippen molar-refractivity contribution in [1.82, 2.24) is 14.9 Å². The van der Waals surface area contributed by atoms with Crippen molar-refractivity contribution in [3.63, 3.8) is 0 Å². The molecule has 1 heterocycles. The molecular formula is C19H18FN3OS. The number of hydrogen-bond acceptors (Lipinski definition) is 3. The Labute approximate surface area is 150 Å². The van der Waals surface area contributed by atoms with Gasteiger partial charge in [-0.2, -0.15) is 0 Å². The quantitative estimate of drug-likeness (QED) is 0.697. The molecule has 1 unspecified atom stereocenters. The largest absolute Gasteiger partial charge is 0.344 e. The van der Waals surface area contributed by atoms with Crippen molar-refractivity contribution in [2.24, 2.45) is 0 Å². The first-order valence-electron chi connectivity index (χ1n) is 7.83. The molecule has 3 aromatic rings. The van der Waals surface area contributed by atoms with Crippen LogP contribution >= 0.6 is 11.8 Å². The van der Waals surface area contributed by atoms with Gasteiger partial charge in [-0.05, 0) is 43.0 Å². The van der Waals surface area contributed by atoms with E-state index in [9.17, 15) is 9.18 Å². The molecule has 0 bridgehead atoms. The van der Waals surface area contributed by atoms with Crippen molar-refractivity contribution in [1.29, 1.82) is 0 Å². The third-order valence-corrected chi connectivity index (χ3v) is 4.53. The third kappa shape index (κ3) is 3.74. The molecule has 0 spiro atoms. The summed E-state index contributed by atoms with van der Waals surface area (Å²) in [7, 11) is 0. The van der Waals surface area contributed by atoms with Gasteiger partial charge in [-0.25, -0.2) is 9.37 Å². The first-order valence-corrected chi connectivity index (χ1v) is 9.06. The molecule has 1 atom stereocenters. The Balaban J connectivity index is 1.90. The number of benzene rings is 2. The topological polar surface area (TPSA) is 46.9 Å². The predicted octanol–water partition coefficient (Wildman–Crippen LogP) is 4.22. The molecule has 2 aromatic carbocycles. The SMILES string of the molecule is CSc1ncc(C(=O)NC(C)c2ccccc2)n1-c1ccc(F)cc1. The number of aromatic nitrogens is 2. The Morgan fingerprint density at radius 2 is 1.84 bits per heavy atom. The molecule has 128 valence electrons. The molecule has 3 rings (SSSR count). The maximum atomic E-state index is 13.2. The highest BCUT2D eigenvalue weighted by Gasteiger charge is 2.19. The van der Waals surface area contributed by atoms with Crippen molar-refractivity contribution < 1.29 is 9.18 Å². The highest BCUT2D eigenvalue weighted by molar-refractivity contribution is 7.98. The molecule has 25 heavy (non-hydrogen) atoms. The number of hydrogen-bond donors (Lipinski definition) is 1. The van der Waals surface area contributed by atoms with Crippen LogP contribution in [0.25, 0.3) is 5.69 Å². The van der Waals surface area contributed by atoms with Crippen molar-refractivity contribution >= 4 is 17.7 Å². The molecule has 0 fully saturated rings. The summed E-state index contributed by atoms with van der Waals surface area (Å²) in [5.41, 5.74) is 2.13. The molecule has 1 aromatic heterocycles.